The van der Waals surface area contributed by atoms with Gasteiger partial charge in [-0.05, 0) is 38.8 Å². The average Bonchev–Trinajstić information content (AvgIpc) is 2.99. The lowest BCUT2D eigenvalue weighted by Gasteiger charge is -2.11. The predicted molar refractivity (Wildman–Crippen MR) is 83.3 cm³/mol. The lowest BCUT2D eigenvalue weighted by molar-refractivity contribution is 0.173. The van der Waals surface area contributed by atoms with Crippen LogP contribution in [0.1, 0.15) is 49.0 Å². The molecule has 2 rings (SSSR count). The molecule has 2 unspecified atom stereocenters. The third-order valence-electron chi connectivity index (χ3n) is 4.25. The third-order valence-corrected chi connectivity index (χ3v) is 4.25. The zero-order chi connectivity index (χ0) is 15.6. The molecule has 0 fully saturated rings. The normalized spacial score (nSPS) is 14.4. The first-order valence-electron chi connectivity index (χ1n) is 7.63. The number of aryl methyl sites for hydroxylation is 2. The number of aromatic nitrogens is 4. The quantitative estimate of drug-likeness (QED) is 0.888. The Kier molecular flexibility index (Phi) is 4.83. The molecule has 0 bridgehead atoms. The predicted octanol–water partition coefficient (Wildman–Crippen LogP) is 2.35. The van der Waals surface area contributed by atoms with Gasteiger partial charge in [-0.2, -0.15) is 10.2 Å². The van der Waals surface area contributed by atoms with Crippen molar-refractivity contribution in [3.05, 3.63) is 34.9 Å². The summed E-state index contributed by atoms with van der Waals surface area (Å²) in [4.78, 5) is 0. The molecule has 5 heteroatoms. The van der Waals surface area contributed by atoms with Gasteiger partial charge in [-0.15, -0.1) is 0 Å². The monoisotopic (exact) mass is 290 g/mol. The average molecular weight is 290 g/mol. The van der Waals surface area contributed by atoms with Crippen LogP contribution in [0.4, 0.5) is 0 Å². The Morgan fingerprint density at radius 1 is 1.24 bits per heavy atom. The molecule has 2 aromatic rings. The fourth-order valence-corrected chi connectivity index (χ4v) is 2.58. The van der Waals surface area contributed by atoms with E-state index in [1.54, 1.807) is 0 Å². The van der Waals surface area contributed by atoms with Crippen LogP contribution in [0.3, 0.4) is 0 Å². The number of rotatable bonds is 6. The Morgan fingerprint density at radius 3 is 2.52 bits per heavy atom. The van der Waals surface area contributed by atoms with Crippen molar-refractivity contribution in [1.29, 1.82) is 0 Å². The van der Waals surface area contributed by atoms with Gasteiger partial charge in [-0.1, -0.05) is 6.92 Å². The molecular weight excluding hydrogens is 264 g/mol. The Bertz CT molecular complexity index is 599. The molecule has 0 radical (unpaired) electrons. The van der Waals surface area contributed by atoms with Gasteiger partial charge in [0.15, 0.2) is 0 Å². The van der Waals surface area contributed by atoms with E-state index in [1.165, 1.54) is 0 Å². The van der Waals surface area contributed by atoms with Crippen LogP contribution in [0.5, 0.6) is 0 Å². The van der Waals surface area contributed by atoms with Crippen molar-refractivity contribution in [2.45, 2.75) is 59.1 Å². The maximum Gasteiger partial charge on any atom is 0.0650 e. The summed E-state index contributed by atoms with van der Waals surface area (Å²) in [5.74, 6) is 0. The first-order chi connectivity index (χ1) is 9.92. The van der Waals surface area contributed by atoms with Crippen molar-refractivity contribution >= 4 is 0 Å². The van der Waals surface area contributed by atoms with Crippen LogP contribution in [0.2, 0.25) is 0 Å². The second-order valence-corrected chi connectivity index (χ2v) is 5.88. The van der Waals surface area contributed by atoms with E-state index in [1.807, 2.05) is 42.5 Å². The highest BCUT2D eigenvalue weighted by Gasteiger charge is 2.16. The van der Waals surface area contributed by atoms with Crippen molar-refractivity contribution in [2.75, 3.05) is 0 Å². The molecule has 5 nitrogen and oxygen atoms in total. The summed E-state index contributed by atoms with van der Waals surface area (Å²) < 4.78 is 3.84. The minimum Gasteiger partial charge on any atom is -0.392 e. The molecule has 1 N–H and O–H groups in total. The largest absolute Gasteiger partial charge is 0.392 e. The topological polar surface area (TPSA) is 55.9 Å². The summed E-state index contributed by atoms with van der Waals surface area (Å²) in [6.07, 6.45) is 3.83. The Morgan fingerprint density at radius 2 is 1.95 bits per heavy atom. The SMILES string of the molecule is CCC(C)n1ccc(CC(O)Cc2c(C)nn(C)c2C)n1. The fourth-order valence-electron chi connectivity index (χ4n) is 2.58. The molecule has 0 aromatic carbocycles. The van der Waals surface area contributed by atoms with Gasteiger partial charge in [-0.3, -0.25) is 9.36 Å². The van der Waals surface area contributed by atoms with E-state index in [0.717, 1.165) is 29.1 Å². The molecule has 116 valence electrons. The Hall–Kier alpha value is -1.62. The molecule has 0 saturated carbocycles. The molecule has 2 aromatic heterocycles. The standard InChI is InChI=1S/C16H26N4O/c1-6-11(2)20-8-7-14(18-20)9-15(21)10-16-12(3)17-19(5)13(16)4/h7-8,11,15,21H,6,9-10H2,1-5H3. The van der Waals surface area contributed by atoms with E-state index in [0.29, 0.717) is 18.9 Å². The lowest BCUT2D eigenvalue weighted by atomic mass is 10.0. The number of aliphatic hydroxyl groups is 1. The summed E-state index contributed by atoms with van der Waals surface area (Å²) in [7, 11) is 1.94. The summed E-state index contributed by atoms with van der Waals surface area (Å²) in [6.45, 7) is 8.33. The maximum atomic E-state index is 10.3. The van der Waals surface area contributed by atoms with Crippen molar-refractivity contribution in [1.82, 2.24) is 19.6 Å². The van der Waals surface area contributed by atoms with Crippen LogP contribution < -0.4 is 0 Å². The van der Waals surface area contributed by atoms with Gasteiger partial charge in [0, 0.05) is 37.8 Å². The highest BCUT2D eigenvalue weighted by Crippen LogP contribution is 2.16. The highest BCUT2D eigenvalue weighted by molar-refractivity contribution is 5.25. The van der Waals surface area contributed by atoms with Crippen LogP contribution >= 0.6 is 0 Å². The van der Waals surface area contributed by atoms with Gasteiger partial charge in [0.2, 0.25) is 0 Å². The maximum absolute atomic E-state index is 10.3. The van der Waals surface area contributed by atoms with Gasteiger partial charge in [0.1, 0.15) is 0 Å². The first kappa shape index (κ1) is 15.8. The zero-order valence-electron chi connectivity index (χ0n) is 13.7. The number of nitrogens with zero attached hydrogens (tertiary/aromatic N) is 4. The molecular formula is C16H26N4O. The highest BCUT2D eigenvalue weighted by atomic mass is 16.3. The minimum absolute atomic E-state index is 0.402. The summed E-state index contributed by atoms with van der Waals surface area (Å²) >= 11 is 0. The van der Waals surface area contributed by atoms with E-state index >= 15 is 0 Å². The molecule has 0 saturated heterocycles. The molecule has 21 heavy (non-hydrogen) atoms. The summed E-state index contributed by atoms with van der Waals surface area (Å²) in [5, 5.41) is 19.3. The van der Waals surface area contributed by atoms with Crippen molar-refractivity contribution < 1.29 is 5.11 Å². The van der Waals surface area contributed by atoms with Crippen LogP contribution in [0.15, 0.2) is 12.3 Å². The van der Waals surface area contributed by atoms with Gasteiger partial charge in [-0.25, -0.2) is 0 Å². The molecule has 0 aliphatic heterocycles. The minimum atomic E-state index is -0.424. The van der Waals surface area contributed by atoms with E-state index in [2.05, 4.69) is 24.0 Å². The lowest BCUT2D eigenvalue weighted by Crippen LogP contribution is -2.16. The molecule has 0 spiro atoms. The molecule has 2 atom stereocenters. The van der Waals surface area contributed by atoms with Gasteiger partial charge < -0.3 is 5.11 Å². The molecule has 0 aliphatic carbocycles. The third kappa shape index (κ3) is 3.53. The van der Waals surface area contributed by atoms with E-state index in [4.69, 9.17) is 0 Å². The Labute approximate surface area is 126 Å². The van der Waals surface area contributed by atoms with E-state index in [-0.39, 0.29) is 0 Å². The van der Waals surface area contributed by atoms with Crippen LogP contribution in [-0.2, 0) is 19.9 Å². The van der Waals surface area contributed by atoms with Crippen LogP contribution in [-0.4, -0.2) is 30.8 Å². The Balaban J connectivity index is 2.01. The van der Waals surface area contributed by atoms with Crippen molar-refractivity contribution in [3.63, 3.8) is 0 Å². The second-order valence-electron chi connectivity index (χ2n) is 5.88. The van der Waals surface area contributed by atoms with E-state index < -0.39 is 6.10 Å². The number of hydrogen-bond acceptors (Lipinski definition) is 3. The van der Waals surface area contributed by atoms with Gasteiger partial charge in [0.05, 0.1) is 17.5 Å². The van der Waals surface area contributed by atoms with Crippen LogP contribution in [0, 0.1) is 13.8 Å². The van der Waals surface area contributed by atoms with Crippen molar-refractivity contribution in [3.8, 4) is 0 Å². The fraction of sp³-hybridized carbons (Fsp3) is 0.625. The molecule has 0 amide bonds. The van der Waals surface area contributed by atoms with Crippen molar-refractivity contribution in [2.24, 2.45) is 7.05 Å². The molecule has 2 heterocycles. The summed E-state index contributed by atoms with van der Waals surface area (Å²) in [5.41, 5.74) is 4.21. The second kappa shape index (κ2) is 6.43. The summed E-state index contributed by atoms with van der Waals surface area (Å²) in [6, 6.07) is 2.40. The van der Waals surface area contributed by atoms with Gasteiger partial charge >= 0.3 is 0 Å². The van der Waals surface area contributed by atoms with Gasteiger partial charge in [0.25, 0.3) is 0 Å². The van der Waals surface area contributed by atoms with Crippen LogP contribution in [0.25, 0.3) is 0 Å². The smallest absolute Gasteiger partial charge is 0.0650 e. The number of aliphatic hydroxyl groups excluding tert-OH is 1. The zero-order valence-corrected chi connectivity index (χ0v) is 13.7. The van der Waals surface area contributed by atoms with E-state index in [9.17, 15) is 5.11 Å². The molecule has 0 aliphatic rings. The first-order valence-corrected chi connectivity index (χ1v) is 7.63. The number of hydrogen-bond donors (Lipinski definition) is 1.